The second kappa shape index (κ2) is 8.27. The molecule has 0 spiro atoms. The molecule has 2 aliphatic heterocycles. The molecule has 1 atom stereocenters. The molecule has 28 heavy (non-hydrogen) atoms. The lowest BCUT2D eigenvalue weighted by atomic mass is 9.90. The zero-order valence-electron chi connectivity index (χ0n) is 16.1. The Bertz CT molecular complexity index is 941. The number of hydrogen-bond acceptors (Lipinski definition) is 5. The molecule has 0 bridgehead atoms. The van der Waals surface area contributed by atoms with E-state index in [-0.39, 0.29) is 27.6 Å². The molecule has 148 valence electrons. The number of benzene rings is 2. The topological polar surface area (TPSA) is 38.3 Å². The van der Waals surface area contributed by atoms with Crippen LogP contribution in [0.3, 0.4) is 0 Å². The van der Waals surface area contributed by atoms with Gasteiger partial charge in [-0.3, -0.25) is 4.79 Å². The number of ether oxygens (including phenoxy) is 1. The van der Waals surface area contributed by atoms with Crippen molar-refractivity contribution in [2.45, 2.75) is 30.9 Å². The molecule has 0 saturated carbocycles. The van der Waals surface area contributed by atoms with Crippen LogP contribution in [0.4, 0.5) is 5.69 Å². The van der Waals surface area contributed by atoms with Crippen molar-refractivity contribution in [2.24, 2.45) is 0 Å². The van der Waals surface area contributed by atoms with E-state index in [4.69, 9.17) is 4.74 Å². The fourth-order valence-electron chi connectivity index (χ4n) is 3.34. The van der Waals surface area contributed by atoms with Crippen LogP contribution in [0.1, 0.15) is 35.3 Å². The smallest absolute Gasteiger partial charge is 0.224 e. The number of thioether (sulfide) groups is 1. The number of aryl methyl sites for hydroxylation is 1. The predicted octanol–water partition coefficient (Wildman–Crippen LogP) is 2.30. The van der Waals surface area contributed by atoms with E-state index in [1.165, 1.54) is 33.0 Å². The molecule has 0 fully saturated rings. The minimum Gasteiger partial charge on any atom is -1.00 e. The van der Waals surface area contributed by atoms with E-state index in [1.54, 1.807) is 7.11 Å². The molecule has 3 nitrogen and oxygen atoms in total. The molecule has 1 unspecified atom stereocenters. The van der Waals surface area contributed by atoms with Gasteiger partial charge in [0.25, 0.3) is 0 Å². The second-order valence-electron chi connectivity index (χ2n) is 7.22. The molecule has 2 aromatic rings. The summed E-state index contributed by atoms with van der Waals surface area (Å²) < 4.78 is 5.56. The maximum atomic E-state index is 12.9. The molecule has 0 amide bonds. The second-order valence-corrected chi connectivity index (χ2v) is 11.2. The average Bonchev–Trinajstić information content (AvgIpc) is 3.07. The Kier molecular flexibility index (Phi) is 6.35. The average molecular weight is 452 g/mol. The predicted molar refractivity (Wildman–Crippen MR) is 121 cm³/mol. The van der Waals surface area contributed by atoms with Crippen LogP contribution in [0.25, 0.3) is 5.57 Å². The van der Waals surface area contributed by atoms with Gasteiger partial charge < -0.3 is 22.5 Å². The highest BCUT2D eigenvalue weighted by Crippen LogP contribution is 2.55. The van der Waals surface area contributed by atoms with Crippen molar-refractivity contribution < 1.29 is 21.9 Å². The van der Waals surface area contributed by atoms with E-state index in [9.17, 15) is 4.79 Å². The Labute approximate surface area is 184 Å². The molecular formula is C21H22ClNO2S3. The van der Waals surface area contributed by atoms with Gasteiger partial charge in [0.2, 0.25) is 9.70 Å². The van der Waals surface area contributed by atoms with Gasteiger partial charge in [0, 0.05) is 22.4 Å². The number of thiol groups is 1. The first-order chi connectivity index (χ1) is 12.9. The number of anilines is 1. The molecule has 0 aromatic heterocycles. The van der Waals surface area contributed by atoms with Crippen molar-refractivity contribution in [1.82, 2.24) is 0 Å². The van der Waals surface area contributed by atoms with Crippen molar-refractivity contribution in [3.63, 3.8) is 0 Å². The summed E-state index contributed by atoms with van der Waals surface area (Å²) in [4.78, 5) is 14.2. The SMILES string of the molecule is COc1ccc2c(c1)C1=C(S[SH+]C1SC(=O)c1ccc(C)cc1)C(C)(C)N2.[Cl-]. The third-order valence-electron chi connectivity index (χ3n) is 4.77. The van der Waals surface area contributed by atoms with Crippen LogP contribution in [0.15, 0.2) is 47.4 Å². The summed E-state index contributed by atoms with van der Waals surface area (Å²) in [6.07, 6.45) is 0. The lowest BCUT2D eigenvalue weighted by molar-refractivity contribution is -0.0000125. The van der Waals surface area contributed by atoms with Gasteiger partial charge in [-0.2, -0.15) is 0 Å². The van der Waals surface area contributed by atoms with E-state index in [0.717, 1.165) is 28.1 Å². The Morgan fingerprint density at radius 2 is 1.93 bits per heavy atom. The number of hydrogen-bond donors (Lipinski definition) is 1. The summed E-state index contributed by atoms with van der Waals surface area (Å²) in [6, 6.07) is 14.0. The van der Waals surface area contributed by atoms with E-state index >= 15 is 0 Å². The number of rotatable bonds is 3. The number of carbonyl (C=O) groups is 1. The largest absolute Gasteiger partial charge is 1.00 e. The fraction of sp³-hybridized carbons (Fsp3) is 0.286. The Balaban J connectivity index is 0.00000225. The lowest BCUT2D eigenvalue weighted by Gasteiger charge is -2.33. The van der Waals surface area contributed by atoms with Gasteiger partial charge in [-0.15, -0.1) is 0 Å². The molecule has 7 heteroatoms. The zero-order chi connectivity index (χ0) is 19.2. The summed E-state index contributed by atoms with van der Waals surface area (Å²) in [5.41, 5.74) is 5.30. The maximum absolute atomic E-state index is 12.9. The molecule has 2 heterocycles. The maximum Gasteiger partial charge on any atom is 0.224 e. The van der Waals surface area contributed by atoms with Gasteiger partial charge in [0.1, 0.15) is 16.5 Å². The fourth-order valence-corrected chi connectivity index (χ4v) is 8.65. The number of halogens is 1. The highest BCUT2D eigenvalue weighted by Gasteiger charge is 2.47. The molecule has 2 aromatic carbocycles. The summed E-state index contributed by atoms with van der Waals surface area (Å²) in [7, 11) is 4.71. The third-order valence-corrected chi connectivity index (χ3v) is 9.67. The first-order valence-corrected chi connectivity index (χ1v) is 12.0. The molecule has 0 radical (unpaired) electrons. The summed E-state index contributed by atoms with van der Waals surface area (Å²) in [6.45, 7) is 6.44. The highest BCUT2D eigenvalue weighted by molar-refractivity contribution is 8.71. The molecule has 0 aliphatic carbocycles. The lowest BCUT2D eigenvalue weighted by Crippen LogP contribution is -3.00. The van der Waals surface area contributed by atoms with E-state index in [0.29, 0.717) is 0 Å². The van der Waals surface area contributed by atoms with Crippen LogP contribution in [-0.2, 0) is 10.8 Å². The highest BCUT2D eigenvalue weighted by atomic mass is 35.5. The van der Waals surface area contributed by atoms with Gasteiger partial charge in [-0.25, -0.2) is 0 Å². The number of carbonyl (C=O) groups excluding carboxylic acids is 1. The molecule has 4 rings (SSSR count). The minimum absolute atomic E-state index is 0. The van der Waals surface area contributed by atoms with Crippen LogP contribution < -0.4 is 22.5 Å². The van der Waals surface area contributed by atoms with E-state index in [2.05, 4.69) is 31.3 Å². The van der Waals surface area contributed by atoms with Gasteiger partial charge in [-0.1, -0.05) is 29.8 Å². The van der Waals surface area contributed by atoms with Crippen molar-refractivity contribution in [3.8, 4) is 5.75 Å². The normalized spacial score (nSPS) is 19.2. The number of methoxy groups -OCH3 is 1. The van der Waals surface area contributed by atoms with Crippen LogP contribution in [-0.4, -0.2) is 22.3 Å². The number of fused-ring (bicyclic) bond motifs is 2. The van der Waals surface area contributed by atoms with Gasteiger partial charge >= 0.3 is 0 Å². The van der Waals surface area contributed by atoms with Gasteiger partial charge in [0.05, 0.1) is 28.3 Å². The minimum atomic E-state index is -0.142. The Hall–Kier alpha value is -1.21. The zero-order valence-corrected chi connectivity index (χ0v) is 19.4. The number of nitrogens with one attached hydrogen (secondary N) is 1. The standard InChI is InChI=1S/C21H21NO2S3.ClH/c1-12-5-7-13(8-6-12)19(23)25-20-17-15-11-14(24-4)9-10-16(15)22-21(2,3)18(17)26-27-20;/h5-11,20,22H,1-4H3;1H. The van der Waals surface area contributed by atoms with Crippen LogP contribution in [0, 0.1) is 6.92 Å². The molecule has 2 aliphatic rings. The van der Waals surface area contributed by atoms with Gasteiger partial charge in [-0.05, 0) is 50.7 Å². The first kappa shape index (κ1) is 21.5. The summed E-state index contributed by atoms with van der Waals surface area (Å²) >= 11 is 1.43. The Morgan fingerprint density at radius 3 is 2.61 bits per heavy atom. The van der Waals surface area contributed by atoms with Crippen molar-refractivity contribution in [1.29, 1.82) is 0 Å². The monoisotopic (exact) mass is 451 g/mol. The summed E-state index contributed by atoms with van der Waals surface area (Å²) in [5.74, 6) is 0.837. The molecule has 0 saturated heterocycles. The quantitative estimate of drug-likeness (QED) is 0.440. The van der Waals surface area contributed by atoms with Crippen LogP contribution >= 0.6 is 22.6 Å². The molecular weight excluding hydrogens is 430 g/mol. The van der Waals surface area contributed by atoms with E-state index < -0.39 is 0 Å². The van der Waals surface area contributed by atoms with E-state index in [1.807, 2.05) is 48.0 Å². The van der Waals surface area contributed by atoms with Crippen molar-refractivity contribution >= 4 is 49.7 Å². The van der Waals surface area contributed by atoms with Crippen LogP contribution in [0.5, 0.6) is 5.75 Å². The molecule has 1 N–H and O–H groups in total. The van der Waals surface area contributed by atoms with Gasteiger partial charge in [0.15, 0.2) is 0 Å². The summed E-state index contributed by atoms with van der Waals surface area (Å²) in [5, 5.41) is 3.77. The van der Waals surface area contributed by atoms with Crippen molar-refractivity contribution in [3.05, 3.63) is 64.1 Å². The van der Waals surface area contributed by atoms with Crippen LogP contribution in [0.2, 0.25) is 0 Å². The third kappa shape index (κ3) is 3.92. The van der Waals surface area contributed by atoms with Crippen molar-refractivity contribution in [2.75, 3.05) is 12.4 Å². The first-order valence-electron chi connectivity index (χ1n) is 8.75. The Morgan fingerprint density at radius 1 is 1.21 bits per heavy atom.